The van der Waals surface area contributed by atoms with Crippen LogP contribution in [0.3, 0.4) is 0 Å². The number of urea groups is 1. The molecule has 2 saturated heterocycles. The lowest BCUT2D eigenvalue weighted by Crippen LogP contribution is -2.57. The molecule has 1 aromatic rings. The summed E-state index contributed by atoms with van der Waals surface area (Å²) in [6, 6.07) is 5.08. The molecule has 3 N–H and O–H groups in total. The molecular weight excluding hydrogens is 375 g/mol. The molecule has 10 heteroatoms. The van der Waals surface area contributed by atoms with Gasteiger partial charge < -0.3 is 10.6 Å². The van der Waals surface area contributed by atoms with Crippen LogP contribution in [0.1, 0.15) is 25.7 Å². The van der Waals surface area contributed by atoms with Gasteiger partial charge in [0, 0.05) is 31.9 Å². The molecule has 0 aliphatic carbocycles. The van der Waals surface area contributed by atoms with Crippen LogP contribution in [0.2, 0.25) is 0 Å². The van der Waals surface area contributed by atoms with Gasteiger partial charge in [0.1, 0.15) is 17.2 Å². The maximum absolute atomic E-state index is 13.2. The number of nitrogens with zero attached hydrogens (tertiary/aromatic N) is 2. The van der Waals surface area contributed by atoms with Crippen LogP contribution >= 0.6 is 0 Å². The fourth-order valence-electron chi connectivity index (χ4n) is 3.65. The summed E-state index contributed by atoms with van der Waals surface area (Å²) in [7, 11) is -3.63. The summed E-state index contributed by atoms with van der Waals surface area (Å²) in [6.07, 6.45) is 2.36. The van der Waals surface area contributed by atoms with E-state index >= 15 is 0 Å². The van der Waals surface area contributed by atoms with E-state index < -0.39 is 27.4 Å². The van der Waals surface area contributed by atoms with Crippen molar-refractivity contribution in [2.75, 3.05) is 31.1 Å². The van der Waals surface area contributed by atoms with Crippen molar-refractivity contribution in [3.05, 3.63) is 30.1 Å². The van der Waals surface area contributed by atoms with Gasteiger partial charge in [-0.05, 0) is 43.5 Å². The van der Waals surface area contributed by atoms with E-state index in [1.807, 2.05) is 4.90 Å². The molecule has 0 spiro atoms. The Morgan fingerprint density at radius 1 is 1.15 bits per heavy atom. The van der Waals surface area contributed by atoms with Crippen LogP contribution in [0.4, 0.5) is 14.9 Å². The molecule has 3 rings (SSSR count). The number of rotatable bonds is 5. The molecule has 150 valence electrons. The van der Waals surface area contributed by atoms with Crippen LogP contribution in [0.15, 0.2) is 24.3 Å². The lowest BCUT2D eigenvalue weighted by Gasteiger charge is -2.41. The van der Waals surface area contributed by atoms with Crippen molar-refractivity contribution >= 4 is 21.7 Å². The Labute approximate surface area is 158 Å². The Bertz CT molecular complexity index is 753. The zero-order valence-corrected chi connectivity index (χ0v) is 15.8. The number of nitrogens with one attached hydrogen (secondary N) is 1. The maximum atomic E-state index is 13.2. The van der Waals surface area contributed by atoms with Crippen LogP contribution in [0.25, 0.3) is 0 Å². The molecule has 2 amide bonds. The Morgan fingerprint density at radius 3 is 2.44 bits per heavy atom. The molecule has 0 bridgehead atoms. The first-order chi connectivity index (χ1) is 12.9. The Kier molecular flexibility index (Phi) is 6.18. The second kappa shape index (κ2) is 8.41. The van der Waals surface area contributed by atoms with E-state index in [1.54, 1.807) is 12.1 Å². The maximum Gasteiger partial charge on any atom is 0.336 e. The van der Waals surface area contributed by atoms with Gasteiger partial charge in [-0.25, -0.2) is 27.4 Å². The number of hydroxylamine groups is 1. The number of sulfonamides is 1. The van der Waals surface area contributed by atoms with Crippen LogP contribution in [0.5, 0.6) is 0 Å². The number of hydrogen-bond donors (Lipinski definition) is 2. The summed E-state index contributed by atoms with van der Waals surface area (Å²) in [4.78, 5) is 18.2. The normalized spacial score (nSPS) is 24.6. The molecule has 2 heterocycles. The van der Waals surface area contributed by atoms with Crippen LogP contribution in [0, 0.1) is 5.82 Å². The fraction of sp³-hybridized carbons (Fsp3) is 0.588. The fourth-order valence-corrected chi connectivity index (χ4v) is 5.74. The van der Waals surface area contributed by atoms with E-state index in [0.717, 1.165) is 24.9 Å². The second-order valence-electron chi connectivity index (χ2n) is 6.88. The van der Waals surface area contributed by atoms with E-state index in [2.05, 4.69) is 5.48 Å². The predicted octanol–water partition coefficient (Wildman–Crippen LogP) is 1.19. The van der Waals surface area contributed by atoms with E-state index in [4.69, 9.17) is 10.6 Å². The summed E-state index contributed by atoms with van der Waals surface area (Å²) in [5, 5.41) is -0.860. The van der Waals surface area contributed by atoms with Crippen LogP contribution in [-0.2, 0) is 14.9 Å². The van der Waals surface area contributed by atoms with Crippen molar-refractivity contribution in [2.45, 2.75) is 37.0 Å². The van der Waals surface area contributed by atoms with E-state index in [9.17, 15) is 17.6 Å². The minimum atomic E-state index is -3.63. The quantitative estimate of drug-likeness (QED) is 0.723. The van der Waals surface area contributed by atoms with Gasteiger partial charge in [0.15, 0.2) is 0 Å². The summed E-state index contributed by atoms with van der Waals surface area (Å²) in [5.74, 6) is -0.347. The van der Waals surface area contributed by atoms with Crippen molar-refractivity contribution in [3.63, 3.8) is 0 Å². The third-order valence-corrected chi connectivity index (χ3v) is 7.36. The Hall–Kier alpha value is -1.91. The summed E-state index contributed by atoms with van der Waals surface area (Å²) in [6.45, 7) is 1.69. The van der Waals surface area contributed by atoms with Gasteiger partial charge in [-0.15, -0.1) is 0 Å². The van der Waals surface area contributed by atoms with E-state index in [1.165, 1.54) is 16.4 Å². The van der Waals surface area contributed by atoms with Crippen molar-refractivity contribution in [1.29, 1.82) is 0 Å². The van der Waals surface area contributed by atoms with Crippen molar-refractivity contribution in [2.24, 2.45) is 5.73 Å². The standard InChI is InChI=1S/C17H25FN4O4S/c18-13-4-6-14(7-5-13)21-11-8-15(26-20-17(19)23)16(12-21)27(24,25)22-9-2-1-3-10-22/h4-7,15-16H,1-3,8-12H2,(H3,19,20,23). The molecule has 2 fully saturated rings. The minimum absolute atomic E-state index is 0.190. The zero-order valence-electron chi connectivity index (χ0n) is 15.0. The van der Waals surface area contributed by atoms with Gasteiger partial charge in [-0.1, -0.05) is 6.42 Å². The van der Waals surface area contributed by atoms with Crippen LogP contribution < -0.4 is 16.1 Å². The van der Waals surface area contributed by atoms with Gasteiger partial charge >= 0.3 is 6.03 Å². The minimum Gasteiger partial charge on any atom is -0.370 e. The smallest absolute Gasteiger partial charge is 0.336 e. The lowest BCUT2D eigenvalue weighted by atomic mass is 10.1. The number of nitrogens with two attached hydrogens (primary N) is 1. The predicted molar refractivity (Wildman–Crippen MR) is 99.0 cm³/mol. The molecule has 2 aliphatic rings. The number of piperidine rings is 2. The first-order valence-electron chi connectivity index (χ1n) is 9.08. The highest BCUT2D eigenvalue weighted by molar-refractivity contribution is 7.89. The third-order valence-electron chi connectivity index (χ3n) is 5.06. The average molecular weight is 400 g/mol. The zero-order chi connectivity index (χ0) is 19.4. The topological polar surface area (TPSA) is 105 Å². The molecule has 27 heavy (non-hydrogen) atoms. The average Bonchev–Trinajstić information content (AvgIpc) is 2.67. The highest BCUT2D eigenvalue weighted by Crippen LogP contribution is 2.28. The molecule has 0 radical (unpaired) electrons. The Morgan fingerprint density at radius 2 is 1.81 bits per heavy atom. The molecular formula is C17H25FN4O4S. The highest BCUT2D eigenvalue weighted by atomic mass is 32.2. The van der Waals surface area contributed by atoms with Crippen molar-refractivity contribution in [3.8, 4) is 0 Å². The number of amides is 2. The van der Waals surface area contributed by atoms with E-state index in [-0.39, 0.29) is 12.4 Å². The number of benzene rings is 1. The molecule has 0 aromatic heterocycles. The number of carbonyl (C=O) groups is 1. The molecule has 0 saturated carbocycles. The largest absolute Gasteiger partial charge is 0.370 e. The SMILES string of the molecule is NC(=O)NOC1CCN(c2ccc(F)cc2)CC1S(=O)(=O)N1CCCCC1. The molecule has 2 unspecified atom stereocenters. The molecule has 1 aromatic carbocycles. The second-order valence-corrected chi connectivity index (χ2v) is 9.03. The number of halogens is 1. The van der Waals surface area contributed by atoms with Crippen molar-refractivity contribution in [1.82, 2.24) is 9.79 Å². The molecule has 8 nitrogen and oxygen atoms in total. The molecule has 2 aliphatic heterocycles. The van der Waals surface area contributed by atoms with Gasteiger partial charge in [-0.2, -0.15) is 0 Å². The highest BCUT2D eigenvalue weighted by Gasteiger charge is 2.43. The summed E-state index contributed by atoms with van der Waals surface area (Å²) in [5.41, 5.74) is 7.88. The van der Waals surface area contributed by atoms with Gasteiger partial charge in [-0.3, -0.25) is 4.84 Å². The Balaban J connectivity index is 1.82. The summed E-state index contributed by atoms with van der Waals surface area (Å²) >= 11 is 0. The van der Waals surface area contributed by atoms with E-state index in [0.29, 0.717) is 26.1 Å². The van der Waals surface area contributed by atoms with Gasteiger partial charge in [0.05, 0.1) is 0 Å². The molecule has 2 atom stereocenters. The van der Waals surface area contributed by atoms with Gasteiger partial charge in [0.25, 0.3) is 0 Å². The summed E-state index contributed by atoms with van der Waals surface area (Å²) < 4.78 is 41.2. The third kappa shape index (κ3) is 4.69. The lowest BCUT2D eigenvalue weighted by molar-refractivity contribution is -0.0129. The number of carbonyl (C=O) groups excluding carboxylic acids is 1. The van der Waals surface area contributed by atoms with Crippen molar-refractivity contribution < 1.29 is 22.4 Å². The number of hydrogen-bond acceptors (Lipinski definition) is 5. The number of anilines is 1. The first-order valence-corrected chi connectivity index (χ1v) is 10.6. The first kappa shape index (κ1) is 19.8. The monoisotopic (exact) mass is 400 g/mol. The number of primary amides is 1. The van der Waals surface area contributed by atoms with Crippen LogP contribution in [-0.4, -0.2) is 56.3 Å². The van der Waals surface area contributed by atoms with Gasteiger partial charge in [0.2, 0.25) is 10.0 Å².